The van der Waals surface area contributed by atoms with Crippen LogP contribution in [0.25, 0.3) is 0 Å². The number of carbonyl (C=O) groups is 1. The topological polar surface area (TPSA) is 101 Å². The van der Waals surface area contributed by atoms with Crippen molar-refractivity contribution in [3.05, 3.63) is 42.0 Å². The Bertz CT molecular complexity index is 748. The number of aromatic carboxylic acids is 1. The highest BCUT2D eigenvalue weighted by Gasteiger charge is 2.20. The molecule has 0 radical (unpaired) electrons. The molecule has 0 aliphatic carbocycles. The van der Waals surface area contributed by atoms with Crippen LogP contribution in [-0.2, 0) is 17.1 Å². The van der Waals surface area contributed by atoms with Crippen molar-refractivity contribution in [3.8, 4) is 0 Å². The highest BCUT2D eigenvalue weighted by Crippen LogP contribution is 2.18. The van der Waals surface area contributed by atoms with Gasteiger partial charge in [0.2, 0.25) is 0 Å². The number of aryl methyl sites for hydroxylation is 2. The van der Waals surface area contributed by atoms with Crippen molar-refractivity contribution < 1.29 is 18.3 Å². The van der Waals surface area contributed by atoms with Crippen LogP contribution in [0.15, 0.2) is 35.5 Å². The van der Waals surface area contributed by atoms with Gasteiger partial charge in [-0.05, 0) is 25.1 Å². The molecule has 0 fully saturated rings. The van der Waals surface area contributed by atoms with E-state index in [1.165, 1.54) is 24.0 Å². The van der Waals surface area contributed by atoms with E-state index in [1.54, 1.807) is 19.1 Å². The van der Waals surface area contributed by atoms with Crippen LogP contribution >= 0.6 is 0 Å². The van der Waals surface area contributed by atoms with Crippen LogP contribution in [0, 0.1) is 6.92 Å². The van der Waals surface area contributed by atoms with Crippen LogP contribution in [0.4, 0.5) is 5.69 Å². The zero-order valence-electron chi connectivity index (χ0n) is 10.9. The third kappa shape index (κ3) is 2.80. The molecule has 8 heteroatoms. The summed E-state index contributed by atoms with van der Waals surface area (Å²) in [4.78, 5) is 14.8. The molecule has 2 heterocycles. The molecule has 0 saturated heterocycles. The van der Waals surface area contributed by atoms with Crippen molar-refractivity contribution in [1.29, 1.82) is 0 Å². The first-order valence-electron chi connectivity index (χ1n) is 5.65. The van der Waals surface area contributed by atoms with Crippen LogP contribution in [0.3, 0.4) is 0 Å². The second-order valence-corrected chi connectivity index (χ2v) is 5.95. The molecule has 2 N–H and O–H groups in total. The van der Waals surface area contributed by atoms with Crippen molar-refractivity contribution >= 4 is 21.7 Å². The van der Waals surface area contributed by atoms with Crippen molar-refractivity contribution in [3.63, 3.8) is 0 Å². The summed E-state index contributed by atoms with van der Waals surface area (Å²) >= 11 is 0. The standard InChI is InChI=1S/C12H13N3O4S/c1-8-3-4-9(6-13-8)14-20(18,19)10-5-11(12(16)17)15(2)7-10/h3-7,14H,1-2H3,(H,16,17). The van der Waals surface area contributed by atoms with Gasteiger partial charge in [-0.2, -0.15) is 0 Å². The normalized spacial score (nSPS) is 11.3. The fourth-order valence-corrected chi connectivity index (χ4v) is 2.75. The highest BCUT2D eigenvalue weighted by molar-refractivity contribution is 7.92. The third-order valence-corrected chi connectivity index (χ3v) is 4.02. The van der Waals surface area contributed by atoms with E-state index in [0.29, 0.717) is 5.69 Å². The Labute approximate surface area is 115 Å². The minimum atomic E-state index is -3.84. The van der Waals surface area contributed by atoms with Gasteiger partial charge in [-0.25, -0.2) is 13.2 Å². The molecule has 2 aromatic rings. The second kappa shape index (κ2) is 4.97. The largest absolute Gasteiger partial charge is 0.477 e. The summed E-state index contributed by atoms with van der Waals surface area (Å²) in [5, 5.41) is 8.92. The maximum absolute atomic E-state index is 12.1. The quantitative estimate of drug-likeness (QED) is 0.883. The number of hydrogen-bond acceptors (Lipinski definition) is 4. The summed E-state index contributed by atoms with van der Waals surface area (Å²) in [7, 11) is -2.37. The Kier molecular flexibility index (Phi) is 3.49. The van der Waals surface area contributed by atoms with Gasteiger partial charge in [-0.1, -0.05) is 0 Å². The van der Waals surface area contributed by atoms with E-state index in [9.17, 15) is 13.2 Å². The number of carboxylic acid groups (broad SMARTS) is 1. The van der Waals surface area contributed by atoms with E-state index >= 15 is 0 Å². The van der Waals surface area contributed by atoms with Gasteiger partial charge in [0.15, 0.2) is 0 Å². The lowest BCUT2D eigenvalue weighted by Crippen LogP contribution is -2.12. The molecule has 20 heavy (non-hydrogen) atoms. The van der Waals surface area contributed by atoms with E-state index in [4.69, 9.17) is 5.11 Å². The molecule has 2 aromatic heterocycles. The minimum Gasteiger partial charge on any atom is -0.477 e. The molecule has 0 unspecified atom stereocenters. The van der Waals surface area contributed by atoms with Gasteiger partial charge in [0, 0.05) is 18.9 Å². The van der Waals surface area contributed by atoms with Crippen LogP contribution in [0.2, 0.25) is 0 Å². The first-order valence-corrected chi connectivity index (χ1v) is 7.13. The lowest BCUT2D eigenvalue weighted by Gasteiger charge is -2.05. The Morgan fingerprint density at radius 1 is 1.40 bits per heavy atom. The van der Waals surface area contributed by atoms with E-state index in [2.05, 4.69) is 9.71 Å². The summed E-state index contributed by atoms with van der Waals surface area (Å²) in [6.45, 7) is 1.79. The zero-order valence-corrected chi connectivity index (χ0v) is 11.7. The molecule has 7 nitrogen and oxygen atoms in total. The second-order valence-electron chi connectivity index (χ2n) is 4.27. The average Bonchev–Trinajstić information content (AvgIpc) is 2.75. The summed E-state index contributed by atoms with van der Waals surface area (Å²) in [6, 6.07) is 4.36. The summed E-state index contributed by atoms with van der Waals surface area (Å²) < 4.78 is 27.8. The van der Waals surface area contributed by atoms with Gasteiger partial charge >= 0.3 is 5.97 Å². The SMILES string of the molecule is Cc1ccc(NS(=O)(=O)c2cc(C(=O)O)n(C)c2)cn1. The molecule has 0 aliphatic heterocycles. The Morgan fingerprint density at radius 3 is 2.60 bits per heavy atom. The fraction of sp³-hybridized carbons (Fsp3) is 0.167. The van der Waals surface area contributed by atoms with Crippen molar-refractivity contribution in [1.82, 2.24) is 9.55 Å². The number of anilines is 1. The van der Waals surface area contributed by atoms with Crippen molar-refractivity contribution in [2.75, 3.05) is 4.72 Å². The zero-order chi connectivity index (χ0) is 14.9. The van der Waals surface area contributed by atoms with Crippen molar-refractivity contribution in [2.45, 2.75) is 11.8 Å². The van der Waals surface area contributed by atoms with E-state index in [0.717, 1.165) is 11.8 Å². The summed E-state index contributed by atoms with van der Waals surface area (Å²) in [6.07, 6.45) is 2.64. The van der Waals surface area contributed by atoms with E-state index in [-0.39, 0.29) is 10.6 Å². The van der Waals surface area contributed by atoms with Crippen LogP contribution < -0.4 is 4.72 Å². The average molecular weight is 295 g/mol. The number of nitrogens with zero attached hydrogens (tertiary/aromatic N) is 2. The van der Waals surface area contributed by atoms with Crippen LogP contribution in [0.1, 0.15) is 16.2 Å². The lowest BCUT2D eigenvalue weighted by molar-refractivity contribution is 0.0686. The number of pyridine rings is 1. The number of rotatable bonds is 4. The number of hydrogen-bond donors (Lipinski definition) is 2. The molecule has 2 rings (SSSR count). The molecule has 0 bridgehead atoms. The van der Waals surface area contributed by atoms with E-state index < -0.39 is 16.0 Å². The van der Waals surface area contributed by atoms with Gasteiger partial charge in [-0.15, -0.1) is 0 Å². The van der Waals surface area contributed by atoms with Gasteiger partial charge in [0.1, 0.15) is 10.6 Å². The highest BCUT2D eigenvalue weighted by atomic mass is 32.2. The number of sulfonamides is 1. The van der Waals surface area contributed by atoms with Crippen LogP contribution in [-0.4, -0.2) is 29.0 Å². The number of aromatic nitrogens is 2. The Morgan fingerprint density at radius 2 is 2.10 bits per heavy atom. The predicted octanol–water partition coefficient (Wildman–Crippen LogP) is 1.23. The van der Waals surface area contributed by atoms with Gasteiger partial charge < -0.3 is 9.67 Å². The fourth-order valence-electron chi connectivity index (χ4n) is 1.64. The third-order valence-electron chi connectivity index (χ3n) is 2.67. The molecular formula is C12H13N3O4S. The smallest absolute Gasteiger partial charge is 0.352 e. The number of carboxylic acids is 1. The molecule has 106 valence electrons. The van der Waals surface area contributed by atoms with Gasteiger partial charge in [0.05, 0.1) is 11.9 Å². The maximum Gasteiger partial charge on any atom is 0.352 e. The molecule has 0 spiro atoms. The molecular weight excluding hydrogens is 282 g/mol. The first-order chi connectivity index (χ1) is 9.29. The molecule has 0 aliphatic rings. The minimum absolute atomic E-state index is 0.104. The van der Waals surface area contributed by atoms with Gasteiger partial charge in [-0.3, -0.25) is 9.71 Å². The van der Waals surface area contributed by atoms with Crippen molar-refractivity contribution in [2.24, 2.45) is 7.05 Å². The Balaban J connectivity index is 2.33. The predicted molar refractivity (Wildman–Crippen MR) is 72.2 cm³/mol. The summed E-state index contributed by atoms with van der Waals surface area (Å²) in [5.74, 6) is -1.19. The molecule has 0 atom stereocenters. The van der Waals surface area contributed by atoms with Crippen LogP contribution in [0.5, 0.6) is 0 Å². The molecule has 0 saturated carbocycles. The molecule has 0 amide bonds. The monoisotopic (exact) mass is 295 g/mol. The first kappa shape index (κ1) is 14.1. The summed E-state index contributed by atoms with van der Waals surface area (Å²) in [5.41, 5.74) is 0.976. The van der Waals surface area contributed by atoms with Gasteiger partial charge in [0.25, 0.3) is 10.0 Å². The van der Waals surface area contributed by atoms with E-state index in [1.807, 2.05) is 0 Å². The Hall–Kier alpha value is -2.35. The lowest BCUT2D eigenvalue weighted by atomic mass is 10.4. The number of nitrogens with one attached hydrogen (secondary N) is 1. The maximum atomic E-state index is 12.1. The molecule has 0 aromatic carbocycles.